The lowest BCUT2D eigenvalue weighted by molar-refractivity contribution is -0.145. The summed E-state index contributed by atoms with van der Waals surface area (Å²) in [4.78, 5) is 20.8. The summed E-state index contributed by atoms with van der Waals surface area (Å²) in [5.41, 5.74) is 0.900. The first-order valence-corrected chi connectivity index (χ1v) is 4.30. The van der Waals surface area contributed by atoms with E-state index in [1.165, 1.54) is 0 Å². The van der Waals surface area contributed by atoms with Gasteiger partial charge >= 0.3 is 11.9 Å². The van der Waals surface area contributed by atoms with Crippen LogP contribution in [0, 0.1) is 5.92 Å². The maximum atomic E-state index is 10.6. The van der Waals surface area contributed by atoms with E-state index in [9.17, 15) is 9.59 Å². The number of hydrogen-bond donors (Lipinski definition) is 3. The zero-order chi connectivity index (χ0) is 11.1. The van der Waals surface area contributed by atoms with Crippen molar-refractivity contribution in [3.05, 3.63) is 0 Å². The highest BCUT2D eigenvalue weighted by molar-refractivity contribution is 7.78. The van der Waals surface area contributed by atoms with Gasteiger partial charge in [0.05, 0.1) is 18.0 Å². The van der Waals surface area contributed by atoms with Crippen LogP contribution in [0.15, 0.2) is 0 Å². The summed E-state index contributed by atoms with van der Waals surface area (Å²) < 4.78 is 0. The summed E-state index contributed by atoms with van der Waals surface area (Å²) in [5.74, 6) is -3.15. The van der Waals surface area contributed by atoms with Gasteiger partial charge in [-0.2, -0.15) is 0 Å². The predicted octanol–water partition coefficient (Wildman–Crippen LogP) is 0.200. The van der Waals surface area contributed by atoms with E-state index < -0.39 is 17.9 Å². The Hall–Kier alpha value is -1.21. The lowest BCUT2D eigenvalue weighted by Gasteiger charge is -2.15. The molecule has 6 nitrogen and oxygen atoms in total. The summed E-state index contributed by atoms with van der Waals surface area (Å²) in [6, 6.07) is 0. The molecule has 3 N–H and O–H groups in total. The standard InChI is InChI=1S/C7H11NO5S/c9-6(10)2-1-5(7(11)12)3-8(13)4-14/h4-5,13H,1-3H2,(H,9,10)(H,11,12). The van der Waals surface area contributed by atoms with Gasteiger partial charge in [-0.3, -0.25) is 19.9 Å². The number of hydrogen-bond acceptors (Lipinski definition) is 4. The van der Waals surface area contributed by atoms with Gasteiger partial charge in [-0.15, -0.1) is 0 Å². The lowest BCUT2D eigenvalue weighted by Crippen LogP contribution is -2.29. The van der Waals surface area contributed by atoms with Gasteiger partial charge in [0.25, 0.3) is 0 Å². The Kier molecular flexibility index (Phi) is 5.73. The molecule has 0 saturated heterocycles. The molecule has 0 rings (SSSR count). The van der Waals surface area contributed by atoms with Crippen molar-refractivity contribution in [2.75, 3.05) is 6.54 Å². The molecule has 0 aliphatic heterocycles. The molecule has 0 aromatic carbocycles. The average molecular weight is 221 g/mol. The Morgan fingerprint density at radius 1 is 1.43 bits per heavy atom. The number of aliphatic carboxylic acids is 2. The molecule has 1 atom stereocenters. The zero-order valence-corrected chi connectivity index (χ0v) is 8.11. The molecule has 1 unspecified atom stereocenters. The third-order valence-electron chi connectivity index (χ3n) is 1.59. The van der Waals surface area contributed by atoms with Crippen molar-refractivity contribution in [1.29, 1.82) is 0 Å². The molecular weight excluding hydrogens is 210 g/mol. The largest absolute Gasteiger partial charge is 0.481 e. The number of carbonyl (C=O) groups is 2. The SMILES string of the molecule is O=C(O)CCC(CN(O)C=S)C(=O)O. The second-order valence-corrected chi connectivity index (χ2v) is 2.91. The van der Waals surface area contributed by atoms with Gasteiger partial charge in [-0.1, -0.05) is 12.2 Å². The van der Waals surface area contributed by atoms with Crippen molar-refractivity contribution < 1.29 is 25.0 Å². The molecule has 0 saturated carbocycles. The van der Waals surface area contributed by atoms with Crippen LogP contribution in [0.3, 0.4) is 0 Å². The van der Waals surface area contributed by atoms with Gasteiger partial charge in [-0.25, -0.2) is 0 Å². The Labute approximate surface area is 85.7 Å². The molecule has 14 heavy (non-hydrogen) atoms. The number of rotatable bonds is 7. The topological polar surface area (TPSA) is 98.1 Å². The summed E-state index contributed by atoms with van der Waals surface area (Å²) in [6.45, 7) is -0.202. The summed E-state index contributed by atoms with van der Waals surface area (Å²) in [6.07, 6.45) is -0.285. The van der Waals surface area contributed by atoms with Crippen molar-refractivity contribution in [2.24, 2.45) is 5.92 Å². The first-order valence-electron chi connectivity index (χ1n) is 3.82. The van der Waals surface area contributed by atoms with Crippen LogP contribution in [0.5, 0.6) is 0 Å². The minimum Gasteiger partial charge on any atom is -0.481 e. The monoisotopic (exact) mass is 221 g/mol. The third-order valence-corrected chi connectivity index (χ3v) is 1.83. The van der Waals surface area contributed by atoms with E-state index in [4.69, 9.17) is 15.4 Å². The molecule has 0 spiro atoms. The van der Waals surface area contributed by atoms with E-state index in [1.807, 2.05) is 0 Å². The summed E-state index contributed by atoms with van der Waals surface area (Å²) in [5, 5.41) is 26.4. The van der Waals surface area contributed by atoms with Crippen LogP contribution in [0.25, 0.3) is 0 Å². The van der Waals surface area contributed by atoms with Gasteiger partial charge in [-0.05, 0) is 6.42 Å². The van der Waals surface area contributed by atoms with Crippen LogP contribution in [-0.4, -0.2) is 44.5 Å². The van der Waals surface area contributed by atoms with Crippen LogP contribution in [0.1, 0.15) is 12.8 Å². The van der Waals surface area contributed by atoms with Gasteiger partial charge in [0.15, 0.2) is 0 Å². The molecular formula is C7H11NO5S. The number of carboxylic acids is 2. The maximum absolute atomic E-state index is 10.6. The maximum Gasteiger partial charge on any atom is 0.308 e. The molecule has 7 heteroatoms. The minimum atomic E-state index is -1.15. The molecule has 0 amide bonds. The van der Waals surface area contributed by atoms with E-state index in [2.05, 4.69) is 12.2 Å². The van der Waals surface area contributed by atoms with E-state index in [-0.39, 0.29) is 19.4 Å². The number of nitrogens with zero attached hydrogens (tertiary/aromatic N) is 1. The van der Waals surface area contributed by atoms with Crippen LogP contribution < -0.4 is 0 Å². The number of thiocarbonyl (C=S) groups is 1. The highest BCUT2D eigenvalue weighted by Crippen LogP contribution is 2.08. The van der Waals surface area contributed by atoms with Crippen molar-refractivity contribution in [2.45, 2.75) is 12.8 Å². The van der Waals surface area contributed by atoms with Crippen LogP contribution in [-0.2, 0) is 9.59 Å². The van der Waals surface area contributed by atoms with Crippen molar-refractivity contribution in [1.82, 2.24) is 5.06 Å². The molecule has 0 radical (unpaired) electrons. The second kappa shape index (κ2) is 6.28. The molecule has 80 valence electrons. The normalized spacial score (nSPS) is 11.8. The van der Waals surface area contributed by atoms with Crippen molar-refractivity contribution in [3.63, 3.8) is 0 Å². The molecule has 0 aromatic heterocycles. The molecule has 0 aliphatic carbocycles. The lowest BCUT2D eigenvalue weighted by atomic mass is 10.0. The van der Waals surface area contributed by atoms with Crippen LogP contribution in [0.4, 0.5) is 0 Å². The van der Waals surface area contributed by atoms with E-state index in [1.54, 1.807) is 0 Å². The quantitative estimate of drug-likeness (QED) is 0.417. The Morgan fingerprint density at radius 2 is 2.00 bits per heavy atom. The number of hydroxylamine groups is 2. The fourth-order valence-corrected chi connectivity index (χ4v) is 0.945. The van der Waals surface area contributed by atoms with Gasteiger partial charge < -0.3 is 10.2 Å². The van der Waals surface area contributed by atoms with Crippen molar-refractivity contribution >= 4 is 29.6 Å². The Balaban J connectivity index is 4.08. The van der Waals surface area contributed by atoms with Crippen LogP contribution >= 0.6 is 12.2 Å². The van der Waals surface area contributed by atoms with Crippen molar-refractivity contribution in [3.8, 4) is 0 Å². The van der Waals surface area contributed by atoms with Gasteiger partial charge in [0.2, 0.25) is 0 Å². The summed E-state index contributed by atoms with van der Waals surface area (Å²) in [7, 11) is 0. The van der Waals surface area contributed by atoms with Gasteiger partial charge in [0.1, 0.15) is 0 Å². The molecule has 0 bridgehead atoms. The Morgan fingerprint density at radius 3 is 2.36 bits per heavy atom. The zero-order valence-electron chi connectivity index (χ0n) is 7.29. The first-order chi connectivity index (χ1) is 6.47. The predicted molar refractivity (Wildman–Crippen MR) is 50.1 cm³/mol. The van der Waals surface area contributed by atoms with E-state index in [0.717, 1.165) is 5.49 Å². The smallest absolute Gasteiger partial charge is 0.308 e. The molecule has 0 fully saturated rings. The van der Waals surface area contributed by atoms with Crippen LogP contribution in [0.2, 0.25) is 0 Å². The molecule has 0 heterocycles. The second-order valence-electron chi connectivity index (χ2n) is 2.70. The Bertz CT molecular complexity index is 232. The van der Waals surface area contributed by atoms with E-state index in [0.29, 0.717) is 5.06 Å². The highest BCUT2D eigenvalue weighted by atomic mass is 32.1. The van der Waals surface area contributed by atoms with Gasteiger partial charge in [0, 0.05) is 6.42 Å². The minimum absolute atomic E-state index is 0.0368. The highest BCUT2D eigenvalue weighted by Gasteiger charge is 2.20. The first kappa shape index (κ1) is 12.8. The molecule has 0 aromatic rings. The fourth-order valence-electron chi connectivity index (χ4n) is 0.859. The fraction of sp³-hybridized carbons (Fsp3) is 0.571. The average Bonchev–Trinajstić information content (AvgIpc) is 2.10. The third kappa shape index (κ3) is 5.44. The van der Waals surface area contributed by atoms with E-state index >= 15 is 0 Å². The molecule has 0 aliphatic rings. The summed E-state index contributed by atoms with van der Waals surface area (Å²) >= 11 is 4.36. The number of carboxylic acid groups (broad SMARTS) is 2.